The van der Waals surface area contributed by atoms with E-state index in [4.69, 9.17) is 4.74 Å². The summed E-state index contributed by atoms with van der Waals surface area (Å²) in [5.41, 5.74) is 0.990. The highest BCUT2D eigenvalue weighted by atomic mass is 32.2. The fraction of sp³-hybridized carbons (Fsp3) is 0.0500. The van der Waals surface area contributed by atoms with Gasteiger partial charge >= 0.3 is 0 Å². The SMILES string of the molecule is CS(=O)(=O)c1ccc(C(=O)Nc2ccc(Oc3ccccc3)cc2)cc1. The van der Waals surface area contributed by atoms with Gasteiger partial charge in [0.2, 0.25) is 0 Å². The van der Waals surface area contributed by atoms with Crippen molar-refractivity contribution in [3.05, 3.63) is 84.4 Å². The second-order valence-electron chi connectivity index (χ2n) is 5.69. The highest BCUT2D eigenvalue weighted by Crippen LogP contribution is 2.23. The van der Waals surface area contributed by atoms with Crippen LogP contribution in [0.5, 0.6) is 11.5 Å². The minimum absolute atomic E-state index is 0.177. The van der Waals surface area contributed by atoms with Crippen molar-refractivity contribution in [3.63, 3.8) is 0 Å². The molecule has 0 saturated heterocycles. The van der Waals surface area contributed by atoms with Crippen molar-refractivity contribution in [1.82, 2.24) is 0 Å². The Labute approximate surface area is 152 Å². The van der Waals surface area contributed by atoms with Crippen LogP contribution in [-0.2, 0) is 9.84 Å². The molecule has 3 rings (SSSR count). The molecule has 0 spiro atoms. The van der Waals surface area contributed by atoms with Gasteiger partial charge in [0, 0.05) is 17.5 Å². The van der Waals surface area contributed by atoms with Gasteiger partial charge in [0.1, 0.15) is 11.5 Å². The van der Waals surface area contributed by atoms with Crippen LogP contribution in [0, 0.1) is 0 Å². The summed E-state index contributed by atoms with van der Waals surface area (Å²) in [6, 6.07) is 22.2. The predicted octanol–water partition coefficient (Wildman–Crippen LogP) is 4.13. The van der Waals surface area contributed by atoms with Crippen LogP contribution < -0.4 is 10.1 Å². The zero-order valence-corrected chi connectivity index (χ0v) is 14.9. The Morgan fingerprint density at radius 2 is 1.38 bits per heavy atom. The topological polar surface area (TPSA) is 72.5 Å². The minimum atomic E-state index is -3.28. The maximum Gasteiger partial charge on any atom is 0.255 e. The zero-order chi connectivity index (χ0) is 18.6. The van der Waals surface area contributed by atoms with Gasteiger partial charge in [0.25, 0.3) is 5.91 Å². The van der Waals surface area contributed by atoms with Crippen molar-refractivity contribution >= 4 is 21.4 Å². The standard InChI is InChI=1S/C20H17NO4S/c1-26(23,24)19-13-7-15(8-14-19)20(22)21-16-9-11-18(12-10-16)25-17-5-3-2-4-6-17/h2-14H,1H3,(H,21,22). The number of benzene rings is 3. The van der Waals surface area contributed by atoms with Gasteiger partial charge in [-0.1, -0.05) is 18.2 Å². The van der Waals surface area contributed by atoms with Gasteiger partial charge in [-0.25, -0.2) is 8.42 Å². The lowest BCUT2D eigenvalue weighted by molar-refractivity contribution is 0.102. The largest absolute Gasteiger partial charge is 0.457 e. The number of carbonyl (C=O) groups is 1. The van der Waals surface area contributed by atoms with Crippen LogP contribution in [0.1, 0.15) is 10.4 Å². The Kier molecular flexibility index (Phi) is 5.04. The van der Waals surface area contributed by atoms with Crippen molar-refractivity contribution < 1.29 is 17.9 Å². The highest BCUT2D eigenvalue weighted by molar-refractivity contribution is 7.90. The number of hydrogen-bond donors (Lipinski definition) is 1. The number of anilines is 1. The van der Waals surface area contributed by atoms with Gasteiger partial charge in [-0.3, -0.25) is 4.79 Å². The second kappa shape index (κ2) is 7.41. The minimum Gasteiger partial charge on any atom is -0.457 e. The van der Waals surface area contributed by atoms with E-state index in [1.165, 1.54) is 24.3 Å². The number of nitrogens with one attached hydrogen (secondary N) is 1. The molecule has 0 aromatic heterocycles. The number of para-hydroxylation sites is 1. The number of ether oxygens (including phenoxy) is 1. The molecule has 0 aliphatic rings. The molecule has 6 heteroatoms. The first kappa shape index (κ1) is 17.7. The quantitative estimate of drug-likeness (QED) is 0.736. The Bertz CT molecular complexity index is 996. The number of rotatable bonds is 5. The monoisotopic (exact) mass is 367 g/mol. The molecule has 5 nitrogen and oxygen atoms in total. The first-order chi connectivity index (χ1) is 12.4. The lowest BCUT2D eigenvalue weighted by Crippen LogP contribution is -2.12. The third-order valence-corrected chi connectivity index (χ3v) is 4.76. The van der Waals surface area contributed by atoms with Gasteiger partial charge in [0.15, 0.2) is 9.84 Å². The summed E-state index contributed by atoms with van der Waals surface area (Å²) < 4.78 is 28.6. The van der Waals surface area contributed by atoms with Crippen LogP contribution >= 0.6 is 0 Å². The van der Waals surface area contributed by atoms with Crippen LogP contribution in [0.15, 0.2) is 83.8 Å². The number of sulfone groups is 1. The van der Waals surface area contributed by atoms with Crippen LogP contribution in [0.4, 0.5) is 5.69 Å². The lowest BCUT2D eigenvalue weighted by atomic mass is 10.2. The van der Waals surface area contributed by atoms with Crippen molar-refractivity contribution in [2.75, 3.05) is 11.6 Å². The summed E-state index contributed by atoms with van der Waals surface area (Å²) in [5, 5.41) is 2.76. The van der Waals surface area contributed by atoms with E-state index in [-0.39, 0.29) is 10.8 Å². The molecule has 0 aliphatic carbocycles. The van der Waals surface area contributed by atoms with E-state index in [0.29, 0.717) is 17.0 Å². The fourth-order valence-electron chi connectivity index (χ4n) is 2.29. The average Bonchev–Trinajstić information content (AvgIpc) is 2.63. The normalized spacial score (nSPS) is 11.0. The van der Waals surface area contributed by atoms with Gasteiger partial charge < -0.3 is 10.1 Å². The molecule has 3 aromatic carbocycles. The van der Waals surface area contributed by atoms with Crippen LogP contribution in [0.2, 0.25) is 0 Å². The van der Waals surface area contributed by atoms with Crippen LogP contribution in [-0.4, -0.2) is 20.6 Å². The second-order valence-corrected chi connectivity index (χ2v) is 7.71. The molecule has 0 atom stereocenters. The van der Waals surface area contributed by atoms with Crippen LogP contribution in [0.3, 0.4) is 0 Å². The van der Waals surface area contributed by atoms with Crippen molar-refractivity contribution in [3.8, 4) is 11.5 Å². The van der Waals surface area contributed by atoms with E-state index in [9.17, 15) is 13.2 Å². The molecule has 1 N–H and O–H groups in total. The van der Waals surface area contributed by atoms with Gasteiger partial charge in [-0.15, -0.1) is 0 Å². The Hall–Kier alpha value is -3.12. The van der Waals surface area contributed by atoms with Crippen molar-refractivity contribution in [2.24, 2.45) is 0 Å². The summed E-state index contributed by atoms with van der Waals surface area (Å²) >= 11 is 0. The molecular formula is C20H17NO4S. The van der Waals surface area contributed by atoms with Crippen molar-refractivity contribution in [1.29, 1.82) is 0 Å². The maximum atomic E-state index is 12.3. The van der Waals surface area contributed by atoms with Crippen molar-refractivity contribution in [2.45, 2.75) is 4.90 Å². The van der Waals surface area contributed by atoms with E-state index in [1.54, 1.807) is 24.3 Å². The molecular weight excluding hydrogens is 350 g/mol. The van der Waals surface area contributed by atoms with Gasteiger partial charge in [-0.2, -0.15) is 0 Å². The van der Waals surface area contributed by atoms with Crippen LogP contribution in [0.25, 0.3) is 0 Å². The molecule has 0 heterocycles. The summed E-state index contributed by atoms with van der Waals surface area (Å²) in [7, 11) is -3.28. The average molecular weight is 367 g/mol. The summed E-state index contributed by atoms with van der Waals surface area (Å²) in [4.78, 5) is 12.4. The number of carbonyl (C=O) groups excluding carboxylic acids is 1. The fourth-order valence-corrected chi connectivity index (χ4v) is 2.92. The third kappa shape index (κ3) is 4.49. The first-order valence-electron chi connectivity index (χ1n) is 7.86. The molecule has 0 aliphatic heterocycles. The highest BCUT2D eigenvalue weighted by Gasteiger charge is 2.10. The molecule has 132 valence electrons. The predicted molar refractivity (Wildman–Crippen MR) is 100 cm³/mol. The van der Waals surface area contributed by atoms with E-state index in [2.05, 4.69) is 5.32 Å². The molecule has 0 radical (unpaired) electrons. The zero-order valence-electron chi connectivity index (χ0n) is 14.0. The first-order valence-corrected chi connectivity index (χ1v) is 9.75. The molecule has 26 heavy (non-hydrogen) atoms. The van der Waals surface area contributed by atoms with E-state index in [1.807, 2.05) is 30.3 Å². The molecule has 0 bridgehead atoms. The smallest absolute Gasteiger partial charge is 0.255 e. The Morgan fingerprint density at radius 3 is 1.96 bits per heavy atom. The van der Waals surface area contributed by atoms with E-state index in [0.717, 1.165) is 12.0 Å². The summed E-state index contributed by atoms with van der Waals surface area (Å²) in [6.45, 7) is 0. The molecule has 1 amide bonds. The summed E-state index contributed by atoms with van der Waals surface area (Å²) in [6.07, 6.45) is 1.13. The van der Waals surface area contributed by atoms with E-state index < -0.39 is 9.84 Å². The maximum absolute atomic E-state index is 12.3. The van der Waals surface area contributed by atoms with E-state index >= 15 is 0 Å². The molecule has 3 aromatic rings. The lowest BCUT2D eigenvalue weighted by Gasteiger charge is -2.08. The third-order valence-electron chi connectivity index (χ3n) is 3.64. The number of hydrogen-bond acceptors (Lipinski definition) is 4. The van der Waals surface area contributed by atoms with Gasteiger partial charge in [-0.05, 0) is 60.7 Å². The Morgan fingerprint density at radius 1 is 0.808 bits per heavy atom. The molecule has 0 saturated carbocycles. The molecule has 0 unspecified atom stereocenters. The number of amides is 1. The van der Waals surface area contributed by atoms with Gasteiger partial charge in [0.05, 0.1) is 4.90 Å². The summed E-state index contributed by atoms with van der Waals surface area (Å²) in [5.74, 6) is 1.07. The Balaban J connectivity index is 1.66. The molecule has 0 fully saturated rings.